The van der Waals surface area contributed by atoms with E-state index in [-0.39, 0.29) is 17.4 Å². The molecule has 0 aromatic heterocycles. The Morgan fingerprint density at radius 2 is 1.92 bits per heavy atom. The zero-order valence-corrected chi connectivity index (χ0v) is 16.4. The van der Waals surface area contributed by atoms with E-state index in [0.717, 1.165) is 16.4 Å². The predicted molar refractivity (Wildman–Crippen MR) is 93.6 cm³/mol. The number of benzene rings is 1. The van der Waals surface area contributed by atoms with E-state index < -0.39 is 28.7 Å². The van der Waals surface area contributed by atoms with Crippen molar-refractivity contribution in [1.29, 1.82) is 0 Å². The maximum Gasteiger partial charge on any atom is 0.312 e. The van der Waals surface area contributed by atoms with Gasteiger partial charge in [0.15, 0.2) is 5.75 Å². The van der Waals surface area contributed by atoms with Gasteiger partial charge in [0.05, 0.1) is 16.9 Å². The number of rotatable bonds is 9. The number of ether oxygens (including phenoxy) is 2. The lowest BCUT2D eigenvalue weighted by atomic mass is 10.3. The lowest BCUT2D eigenvalue weighted by Crippen LogP contribution is -2.30. The average Bonchev–Trinajstić information content (AvgIpc) is 2.49. The van der Waals surface area contributed by atoms with E-state index >= 15 is 0 Å². The molecule has 0 aliphatic carbocycles. The lowest BCUT2D eigenvalue weighted by Gasteiger charge is -2.19. The first kappa shape index (κ1) is 20.6. The number of nitro benzene ring substituents is 1. The third-order valence-corrected chi connectivity index (χ3v) is 6.80. The first-order valence-corrected chi connectivity index (χ1v) is 12.5. The zero-order valence-electron chi connectivity index (χ0n) is 14.6. The molecule has 1 rings (SSSR count). The smallest absolute Gasteiger partial charge is 0.312 e. The van der Waals surface area contributed by atoms with Gasteiger partial charge >= 0.3 is 5.69 Å². The fraction of sp³-hybridized carbons (Fsp3) is 0.571. The predicted octanol–water partition coefficient (Wildman–Crippen LogP) is 2.54. The lowest BCUT2D eigenvalue weighted by molar-refractivity contribution is -0.386. The van der Waals surface area contributed by atoms with E-state index in [1.165, 1.54) is 26.3 Å². The van der Waals surface area contributed by atoms with Crippen molar-refractivity contribution in [3.05, 3.63) is 28.3 Å². The van der Waals surface area contributed by atoms with Gasteiger partial charge in [-0.3, -0.25) is 10.1 Å². The monoisotopic (exact) mass is 376 g/mol. The molecule has 10 heteroatoms. The molecule has 8 nitrogen and oxygen atoms in total. The van der Waals surface area contributed by atoms with Gasteiger partial charge in [0, 0.05) is 27.8 Å². The van der Waals surface area contributed by atoms with Crippen LogP contribution in [0.3, 0.4) is 0 Å². The molecular formula is C14H24N2O6SSi. The Morgan fingerprint density at radius 1 is 1.29 bits per heavy atom. The second-order valence-electron chi connectivity index (χ2n) is 6.54. The summed E-state index contributed by atoms with van der Waals surface area (Å²) in [7, 11) is -2.47. The fourth-order valence-corrected chi connectivity index (χ4v) is 3.62. The highest BCUT2D eigenvalue weighted by Gasteiger charge is 2.25. The van der Waals surface area contributed by atoms with Gasteiger partial charge in [-0.05, 0) is 18.2 Å². The maximum absolute atomic E-state index is 12.5. The van der Waals surface area contributed by atoms with Crippen LogP contribution < -0.4 is 4.74 Å². The Kier molecular flexibility index (Phi) is 6.90. The summed E-state index contributed by atoms with van der Waals surface area (Å²) in [6.45, 7) is 6.99. The van der Waals surface area contributed by atoms with E-state index in [0.29, 0.717) is 6.61 Å². The Bertz CT molecular complexity index is 687. The molecule has 0 aliphatic heterocycles. The Balaban J connectivity index is 2.87. The van der Waals surface area contributed by atoms with Crippen LogP contribution in [0.2, 0.25) is 25.7 Å². The molecule has 136 valence electrons. The van der Waals surface area contributed by atoms with Gasteiger partial charge in [-0.2, -0.15) is 4.31 Å². The van der Waals surface area contributed by atoms with Crippen LogP contribution in [0.5, 0.6) is 5.75 Å². The summed E-state index contributed by atoms with van der Waals surface area (Å²) in [5, 5.41) is 11.0. The number of hydrogen-bond donors (Lipinski definition) is 0. The minimum atomic E-state index is -3.88. The van der Waals surface area contributed by atoms with Gasteiger partial charge in [-0.1, -0.05) is 19.6 Å². The van der Waals surface area contributed by atoms with Crippen LogP contribution in [0, 0.1) is 10.1 Å². The Morgan fingerprint density at radius 3 is 2.42 bits per heavy atom. The summed E-state index contributed by atoms with van der Waals surface area (Å²) < 4.78 is 36.3. The second-order valence-corrected chi connectivity index (χ2v) is 14.2. The van der Waals surface area contributed by atoms with Crippen molar-refractivity contribution in [2.45, 2.75) is 30.6 Å². The summed E-state index contributed by atoms with van der Waals surface area (Å²) in [6.07, 6.45) is 0. The van der Waals surface area contributed by atoms with Gasteiger partial charge < -0.3 is 9.47 Å². The molecule has 0 spiro atoms. The van der Waals surface area contributed by atoms with E-state index in [4.69, 9.17) is 9.47 Å². The molecule has 0 N–H and O–H groups in total. The van der Waals surface area contributed by atoms with Crippen molar-refractivity contribution in [1.82, 2.24) is 4.31 Å². The molecule has 0 unspecified atom stereocenters. The minimum absolute atomic E-state index is 0.00740. The van der Waals surface area contributed by atoms with Crippen LogP contribution in [-0.2, 0) is 14.8 Å². The summed E-state index contributed by atoms with van der Waals surface area (Å²) in [5.74, 6) is 0.00740. The number of sulfonamides is 1. The van der Waals surface area contributed by atoms with Gasteiger partial charge in [-0.25, -0.2) is 8.42 Å². The topological polar surface area (TPSA) is 99.0 Å². The van der Waals surface area contributed by atoms with Crippen LogP contribution in [0.4, 0.5) is 5.69 Å². The summed E-state index contributed by atoms with van der Waals surface area (Å²) in [6, 6.07) is 4.46. The largest absolute Gasteiger partial charge is 0.490 e. The Labute approximate surface area is 143 Å². The SMILES string of the molecule is COc1ccc(S(=O)(=O)N(C)COCC[Si](C)(C)C)cc1[N+](=O)[O-]. The third-order valence-electron chi connectivity index (χ3n) is 3.32. The van der Waals surface area contributed by atoms with Gasteiger partial charge in [-0.15, -0.1) is 0 Å². The van der Waals surface area contributed by atoms with Gasteiger partial charge in [0.25, 0.3) is 0 Å². The molecule has 0 fully saturated rings. The molecule has 1 aromatic rings. The van der Waals surface area contributed by atoms with Crippen molar-refractivity contribution < 1.29 is 22.8 Å². The molecular weight excluding hydrogens is 352 g/mol. The minimum Gasteiger partial charge on any atom is -0.490 e. The van der Waals surface area contributed by atoms with Crippen LogP contribution in [0.1, 0.15) is 0 Å². The highest BCUT2D eigenvalue weighted by molar-refractivity contribution is 7.89. The average molecular weight is 377 g/mol. The number of hydrogen-bond acceptors (Lipinski definition) is 6. The van der Waals surface area contributed by atoms with Crippen LogP contribution in [0.15, 0.2) is 23.1 Å². The molecule has 0 saturated heterocycles. The molecule has 0 heterocycles. The number of nitro groups is 1. The highest BCUT2D eigenvalue weighted by atomic mass is 32.2. The number of nitrogens with zero attached hydrogens (tertiary/aromatic N) is 2. The quantitative estimate of drug-likeness (QED) is 0.216. The Hall–Kier alpha value is -1.49. The van der Waals surface area contributed by atoms with E-state index in [2.05, 4.69) is 19.6 Å². The van der Waals surface area contributed by atoms with E-state index in [9.17, 15) is 18.5 Å². The second kappa shape index (κ2) is 8.06. The first-order valence-electron chi connectivity index (χ1n) is 7.35. The van der Waals surface area contributed by atoms with Crippen molar-refractivity contribution in [2.75, 3.05) is 27.5 Å². The van der Waals surface area contributed by atoms with E-state index in [1.54, 1.807) is 0 Å². The maximum atomic E-state index is 12.5. The molecule has 0 saturated carbocycles. The summed E-state index contributed by atoms with van der Waals surface area (Å²) in [4.78, 5) is 10.2. The van der Waals surface area contributed by atoms with Crippen LogP contribution in [-0.4, -0.2) is 53.2 Å². The van der Waals surface area contributed by atoms with Crippen molar-refractivity contribution >= 4 is 23.8 Å². The zero-order chi connectivity index (χ0) is 18.5. The molecule has 24 heavy (non-hydrogen) atoms. The van der Waals surface area contributed by atoms with Crippen LogP contribution >= 0.6 is 0 Å². The molecule has 0 aliphatic rings. The fourth-order valence-electron chi connectivity index (χ4n) is 1.79. The highest BCUT2D eigenvalue weighted by Crippen LogP contribution is 2.30. The first-order chi connectivity index (χ1) is 11.0. The van der Waals surface area contributed by atoms with Crippen molar-refractivity contribution in [3.63, 3.8) is 0 Å². The normalized spacial score (nSPS) is 12.4. The number of methoxy groups -OCH3 is 1. The van der Waals surface area contributed by atoms with Crippen LogP contribution in [0.25, 0.3) is 0 Å². The summed E-state index contributed by atoms with van der Waals surface area (Å²) >= 11 is 0. The van der Waals surface area contributed by atoms with Crippen molar-refractivity contribution in [2.24, 2.45) is 0 Å². The molecule has 0 radical (unpaired) electrons. The van der Waals surface area contributed by atoms with Gasteiger partial charge in [0.2, 0.25) is 10.0 Å². The summed E-state index contributed by atoms with van der Waals surface area (Å²) in [5.41, 5.74) is -0.397. The molecule has 0 amide bonds. The molecule has 1 aromatic carbocycles. The van der Waals surface area contributed by atoms with E-state index in [1.807, 2.05) is 0 Å². The van der Waals surface area contributed by atoms with Crippen molar-refractivity contribution in [3.8, 4) is 5.75 Å². The molecule has 0 bridgehead atoms. The molecule has 0 atom stereocenters. The standard InChI is InChI=1S/C14H24N2O6SSi/c1-15(11-22-8-9-24(3,4)5)23(19,20)12-6-7-14(21-2)13(10-12)16(17)18/h6-7,10H,8-9,11H2,1-5H3. The third kappa shape index (κ3) is 5.55. The van der Waals surface area contributed by atoms with Gasteiger partial charge in [0.1, 0.15) is 6.73 Å².